The summed E-state index contributed by atoms with van der Waals surface area (Å²) in [6.45, 7) is 0. The summed E-state index contributed by atoms with van der Waals surface area (Å²) in [7, 11) is 0. The number of aromatic nitrogens is 2. The molecule has 3 aromatic carbocycles. The number of hydrogen-bond acceptors (Lipinski definition) is 5. The van der Waals surface area contributed by atoms with Crippen LogP contribution < -0.4 is 4.90 Å². The number of benzene rings is 3. The molecule has 0 unspecified atom stereocenters. The molecule has 0 amide bonds. The molecule has 0 N–H and O–H groups in total. The average Bonchev–Trinajstić information content (AvgIpc) is 3.51. The van der Waals surface area contributed by atoms with E-state index in [1.807, 2.05) is 72.8 Å². The Morgan fingerprint density at radius 3 is 2.18 bits per heavy atom. The van der Waals surface area contributed by atoms with Gasteiger partial charge in [0, 0.05) is 0 Å². The first-order valence-electron chi connectivity index (χ1n) is 12.2. The van der Waals surface area contributed by atoms with Crippen LogP contribution in [0.15, 0.2) is 115 Å². The van der Waals surface area contributed by atoms with Crippen LogP contribution in [-0.4, -0.2) is 36.0 Å². The summed E-state index contributed by atoms with van der Waals surface area (Å²) in [6, 6.07) is 35.6. The Balaban J connectivity index is 1.29. The maximum absolute atomic E-state index is 13.2. The number of para-hydroxylation sites is 3. The number of ketones is 2. The van der Waals surface area contributed by atoms with Crippen molar-refractivity contribution >= 4 is 70.0 Å². The first kappa shape index (κ1) is 22.5. The fourth-order valence-corrected chi connectivity index (χ4v) is 6.84. The van der Waals surface area contributed by atoms with E-state index in [-0.39, 0.29) is 37.3 Å². The van der Waals surface area contributed by atoms with Crippen molar-refractivity contribution in [1.29, 1.82) is 0 Å². The van der Waals surface area contributed by atoms with E-state index in [4.69, 9.17) is 4.98 Å². The van der Waals surface area contributed by atoms with Gasteiger partial charge in [-0.15, -0.1) is 0 Å². The summed E-state index contributed by atoms with van der Waals surface area (Å²) in [5.74, 6) is 0.253. The second-order valence-corrected chi connectivity index (χ2v) is 11.3. The minimum absolute atomic E-state index is 0.149. The average molecular weight is 556 g/mol. The van der Waals surface area contributed by atoms with Crippen LogP contribution in [0.4, 0.5) is 16.1 Å². The van der Waals surface area contributed by atoms with E-state index in [0.717, 1.165) is 36.8 Å². The standard InChI is InChI=1S/C32H19N3O2Se/c36-31-24-18-21-9-5-7-13-27(21)34-30(24)32(37)25(31)19-23-15-17-29(38-23)35(22-10-2-1-3-11-22)28-16-14-20-8-4-6-12-26(20)33-28/h1-19H/b25-19+. The van der Waals surface area contributed by atoms with Crippen molar-refractivity contribution < 1.29 is 9.59 Å². The Morgan fingerprint density at radius 2 is 1.37 bits per heavy atom. The van der Waals surface area contributed by atoms with Crippen molar-refractivity contribution in [2.24, 2.45) is 0 Å². The van der Waals surface area contributed by atoms with Gasteiger partial charge in [0.25, 0.3) is 0 Å². The van der Waals surface area contributed by atoms with E-state index in [2.05, 4.69) is 40.2 Å². The molecule has 6 aromatic rings. The summed E-state index contributed by atoms with van der Waals surface area (Å²) >= 11 is -0.149. The van der Waals surface area contributed by atoms with Gasteiger partial charge in [0.2, 0.25) is 0 Å². The topological polar surface area (TPSA) is 63.2 Å². The number of nitrogens with zero attached hydrogens (tertiary/aromatic N) is 3. The van der Waals surface area contributed by atoms with Crippen LogP contribution in [0.1, 0.15) is 25.3 Å². The molecule has 38 heavy (non-hydrogen) atoms. The van der Waals surface area contributed by atoms with Crippen LogP contribution in [0.2, 0.25) is 0 Å². The number of anilines is 3. The van der Waals surface area contributed by atoms with Gasteiger partial charge in [-0.3, -0.25) is 0 Å². The summed E-state index contributed by atoms with van der Waals surface area (Å²) in [6.07, 6.45) is 1.75. The van der Waals surface area contributed by atoms with Crippen LogP contribution >= 0.6 is 0 Å². The predicted octanol–water partition coefficient (Wildman–Crippen LogP) is 6.77. The van der Waals surface area contributed by atoms with Crippen LogP contribution in [0.25, 0.3) is 27.9 Å². The van der Waals surface area contributed by atoms with E-state index in [1.54, 1.807) is 12.1 Å². The van der Waals surface area contributed by atoms with Gasteiger partial charge in [-0.05, 0) is 0 Å². The van der Waals surface area contributed by atoms with E-state index in [9.17, 15) is 9.59 Å². The molecule has 1 aliphatic rings. The number of Topliss-reactive ketones (excluding diaryl/α,β-unsaturated/α-hetero) is 2. The van der Waals surface area contributed by atoms with E-state index >= 15 is 0 Å². The number of allylic oxidation sites excluding steroid dienone is 1. The molecule has 0 fully saturated rings. The van der Waals surface area contributed by atoms with Gasteiger partial charge in [0.15, 0.2) is 0 Å². The second-order valence-electron chi connectivity index (χ2n) is 9.00. The van der Waals surface area contributed by atoms with E-state index < -0.39 is 0 Å². The third-order valence-electron chi connectivity index (χ3n) is 6.62. The number of pyridine rings is 2. The molecule has 0 bridgehead atoms. The molecule has 1 aliphatic carbocycles. The molecule has 0 saturated heterocycles. The third-order valence-corrected chi connectivity index (χ3v) is 8.75. The van der Waals surface area contributed by atoms with Gasteiger partial charge in [-0.1, -0.05) is 0 Å². The normalized spacial score (nSPS) is 13.9. The summed E-state index contributed by atoms with van der Waals surface area (Å²) in [5.41, 5.74) is 3.44. The summed E-state index contributed by atoms with van der Waals surface area (Å²) in [5, 5.41) is 1.93. The summed E-state index contributed by atoms with van der Waals surface area (Å²) in [4.78, 5) is 38.0. The van der Waals surface area contributed by atoms with Crippen molar-refractivity contribution in [2.75, 3.05) is 4.90 Å². The third kappa shape index (κ3) is 3.79. The Hall–Kier alpha value is -4.64. The summed E-state index contributed by atoms with van der Waals surface area (Å²) < 4.78 is 2.01. The Bertz CT molecular complexity index is 1870. The molecule has 7 rings (SSSR count). The molecule has 0 spiro atoms. The van der Waals surface area contributed by atoms with Gasteiger partial charge in [0.1, 0.15) is 0 Å². The molecule has 180 valence electrons. The van der Waals surface area contributed by atoms with Crippen LogP contribution in [0, 0.1) is 0 Å². The number of hydrogen-bond donors (Lipinski definition) is 0. The molecule has 3 heterocycles. The fraction of sp³-hybridized carbons (Fsp3) is 0. The van der Waals surface area contributed by atoms with Crippen LogP contribution in [0.3, 0.4) is 0 Å². The first-order chi connectivity index (χ1) is 18.7. The van der Waals surface area contributed by atoms with Crippen molar-refractivity contribution in [3.63, 3.8) is 0 Å². The van der Waals surface area contributed by atoms with Gasteiger partial charge >= 0.3 is 225 Å². The Labute approximate surface area is 224 Å². The predicted molar refractivity (Wildman–Crippen MR) is 152 cm³/mol. The van der Waals surface area contributed by atoms with Crippen molar-refractivity contribution in [1.82, 2.24) is 9.97 Å². The number of carbonyl (C=O) groups is 2. The van der Waals surface area contributed by atoms with Gasteiger partial charge in [-0.25, -0.2) is 0 Å². The second kappa shape index (κ2) is 9.03. The molecular weight excluding hydrogens is 537 g/mol. The fourth-order valence-electron chi connectivity index (χ4n) is 4.78. The molecule has 0 radical (unpaired) electrons. The number of carbonyl (C=O) groups excluding carboxylic acids is 2. The molecule has 5 nitrogen and oxygen atoms in total. The molecule has 6 heteroatoms. The molecule has 3 aromatic heterocycles. The van der Waals surface area contributed by atoms with E-state index in [0.29, 0.717) is 11.1 Å². The molecular formula is C32H19N3O2Se. The zero-order valence-corrected chi connectivity index (χ0v) is 21.7. The van der Waals surface area contributed by atoms with Crippen molar-refractivity contribution in [3.05, 3.63) is 130 Å². The van der Waals surface area contributed by atoms with Crippen LogP contribution in [-0.2, 0) is 0 Å². The Morgan fingerprint density at radius 1 is 0.658 bits per heavy atom. The van der Waals surface area contributed by atoms with Gasteiger partial charge in [-0.2, -0.15) is 0 Å². The Kier molecular flexibility index (Phi) is 5.36. The maximum atomic E-state index is 13.2. The molecule has 0 atom stereocenters. The SMILES string of the molecule is O=C1/C(=C\c2ccc(N(c3ccccc3)c3ccc4ccccc4n3)[se]2)C(=O)c2nc3ccccc3cc21. The van der Waals surface area contributed by atoms with Crippen LogP contribution in [0.5, 0.6) is 0 Å². The monoisotopic (exact) mass is 557 g/mol. The first-order valence-corrected chi connectivity index (χ1v) is 13.9. The molecule has 0 aliphatic heterocycles. The van der Waals surface area contributed by atoms with E-state index in [1.165, 1.54) is 0 Å². The zero-order chi connectivity index (χ0) is 25.6. The number of rotatable bonds is 4. The van der Waals surface area contributed by atoms with Gasteiger partial charge in [0.05, 0.1) is 0 Å². The van der Waals surface area contributed by atoms with Gasteiger partial charge < -0.3 is 0 Å². The zero-order valence-electron chi connectivity index (χ0n) is 20.0. The molecule has 0 saturated carbocycles. The van der Waals surface area contributed by atoms with Crippen molar-refractivity contribution in [2.45, 2.75) is 0 Å². The quantitative estimate of drug-likeness (QED) is 0.136. The number of fused-ring (bicyclic) bond motifs is 3. The van der Waals surface area contributed by atoms with Crippen molar-refractivity contribution in [3.8, 4) is 0 Å². The minimum atomic E-state index is -0.308.